The summed E-state index contributed by atoms with van der Waals surface area (Å²) in [6.45, 7) is -0.788. The first-order valence-electron chi connectivity index (χ1n) is 12.6. The molecule has 5 atom stereocenters. The van der Waals surface area contributed by atoms with E-state index in [0.29, 0.717) is 5.56 Å². The van der Waals surface area contributed by atoms with Crippen LogP contribution in [0.1, 0.15) is 22.0 Å². The van der Waals surface area contributed by atoms with Gasteiger partial charge < -0.3 is 54.4 Å². The molecule has 0 aliphatic carbocycles. The maximum absolute atomic E-state index is 13.1. The monoisotopic (exact) mass is 582 g/mol. The molecule has 1 fully saturated rings. The van der Waals surface area contributed by atoms with Gasteiger partial charge in [0.05, 0.1) is 24.8 Å². The number of aromatic hydroxyl groups is 4. The van der Waals surface area contributed by atoms with Crippen molar-refractivity contribution in [3.63, 3.8) is 0 Å². The van der Waals surface area contributed by atoms with E-state index in [4.69, 9.17) is 18.6 Å². The predicted molar refractivity (Wildman–Crippen MR) is 143 cm³/mol. The third-order valence-electron chi connectivity index (χ3n) is 6.96. The molecule has 7 N–H and O–H groups in total. The molecular formula is C29H26O13. The van der Waals surface area contributed by atoms with Crippen LogP contribution < -0.4 is 10.2 Å². The van der Waals surface area contributed by atoms with E-state index in [9.17, 15) is 45.3 Å². The average Bonchev–Trinajstić information content (AvgIpc) is 2.96. The normalized spacial score (nSPS) is 22.1. The van der Waals surface area contributed by atoms with Gasteiger partial charge in [0.15, 0.2) is 28.6 Å². The number of esters is 1. The Kier molecular flexibility index (Phi) is 7.67. The number of carbonyl (C=O) groups is 1. The Balaban J connectivity index is 1.67. The number of hydrogen-bond acceptors (Lipinski definition) is 13. The van der Waals surface area contributed by atoms with E-state index >= 15 is 0 Å². The van der Waals surface area contributed by atoms with Gasteiger partial charge in [0.2, 0.25) is 0 Å². The van der Waals surface area contributed by atoms with Crippen LogP contribution in [-0.2, 0) is 9.47 Å². The number of rotatable bonds is 6. The first-order chi connectivity index (χ1) is 20.0. The zero-order valence-electron chi connectivity index (χ0n) is 21.9. The van der Waals surface area contributed by atoms with Crippen LogP contribution in [0.25, 0.3) is 22.3 Å². The van der Waals surface area contributed by atoms with Gasteiger partial charge in [0, 0.05) is 17.7 Å². The Labute approximate surface area is 236 Å². The van der Waals surface area contributed by atoms with Crippen molar-refractivity contribution in [1.82, 2.24) is 0 Å². The lowest BCUT2D eigenvalue weighted by Crippen LogP contribution is -2.56. The van der Waals surface area contributed by atoms with E-state index in [1.807, 2.05) is 0 Å². The van der Waals surface area contributed by atoms with E-state index in [1.54, 1.807) is 0 Å². The summed E-state index contributed by atoms with van der Waals surface area (Å²) in [4.78, 5) is 26.3. The summed E-state index contributed by atoms with van der Waals surface area (Å²) in [7, 11) is 1.27. The molecular weight excluding hydrogens is 556 g/mol. The standard InChI is InChI=1S/C29H26O13/c1-39-20-8-13(4-7-15(20)32)29(38)42-28-25(37)24(36)21(11-30)41-27(28)23-17(34)9-16(33)22-18(35)10-19(40-26(22)23)12-2-5-14(31)6-3-12/h2-10,21,24-25,27-28,30-34,36-37H,11H2,1H3/t21-,24+,25-,27-,28+/m0/s1. The van der Waals surface area contributed by atoms with Gasteiger partial charge >= 0.3 is 5.97 Å². The minimum atomic E-state index is -1.88. The van der Waals surface area contributed by atoms with Gasteiger partial charge in [0.1, 0.15) is 52.8 Å². The third-order valence-corrected chi connectivity index (χ3v) is 6.96. The fourth-order valence-corrected chi connectivity index (χ4v) is 4.82. The Morgan fingerprint density at radius 2 is 1.62 bits per heavy atom. The second-order valence-corrected chi connectivity index (χ2v) is 9.57. The minimum Gasteiger partial charge on any atom is -0.508 e. The Morgan fingerprint density at radius 3 is 2.29 bits per heavy atom. The zero-order valence-corrected chi connectivity index (χ0v) is 21.9. The fraction of sp³-hybridized carbons (Fsp3) is 0.241. The molecule has 0 bridgehead atoms. The lowest BCUT2D eigenvalue weighted by atomic mass is 9.89. The Hall–Kier alpha value is -4.82. The molecule has 0 amide bonds. The molecule has 220 valence electrons. The van der Waals surface area contributed by atoms with Crippen LogP contribution in [0.15, 0.2) is 63.8 Å². The second-order valence-electron chi connectivity index (χ2n) is 9.57. The highest BCUT2D eigenvalue weighted by atomic mass is 16.6. The summed E-state index contributed by atoms with van der Waals surface area (Å²) in [5.41, 5.74) is -1.21. The molecule has 5 rings (SSSR count). The summed E-state index contributed by atoms with van der Waals surface area (Å²) in [6, 6.07) is 11.1. The van der Waals surface area contributed by atoms with Crippen molar-refractivity contribution in [2.45, 2.75) is 30.5 Å². The lowest BCUT2D eigenvalue weighted by molar-refractivity contribution is -0.231. The topological polar surface area (TPSA) is 217 Å². The van der Waals surface area contributed by atoms with Crippen molar-refractivity contribution in [3.05, 3.63) is 75.9 Å². The highest BCUT2D eigenvalue weighted by Gasteiger charge is 2.49. The second kappa shape index (κ2) is 11.2. The number of hydrogen-bond donors (Lipinski definition) is 7. The molecule has 2 heterocycles. The van der Waals surface area contributed by atoms with E-state index in [2.05, 4.69) is 0 Å². The molecule has 0 saturated carbocycles. The number of phenolic OH excluding ortho intramolecular Hbond substituents is 4. The van der Waals surface area contributed by atoms with Gasteiger partial charge in [-0.05, 0) is 42.5 Å². The van der Waals surface area contributed by atoms with E-state index in [1.165, 1.54) is 49.6 Å². The van der Waals surface area contributed by atoms with Gasteiger partial charge in [-0.25, -0.2) is 4.79 Å². The molecule has 13 heteroatoms. The molecule has 4 aromatic rings. The number of phenols is 4. The van der Waals surface area contributed by atoms with Crippen molar-refractivity contribution in [2.75, 3.05) is 13.7 Å². The number of carbonyl (C=O) groups excluding carboxylic acids is 1. The van der Waals surface area contributed by atoms with Gasteiger partial charge in [0.25, 0.3) is 0 Å². The van der Waals surface area contributed by atoms with Crippen molar-refractivity contribution < 1.29 is 59.2 Å². The first kappa shape index (κ1) is 28.7. The summed E-state index contributed by atoms with van der Waals surface area (Å²) >= 11 is 0. The van der Waals surface area contributed by atoms with Gasteiger partial charge in [-0.15, -0.1) is 0 Å². The van der Waals surface area contributed by atoms with Crippen LogP contribution in [0.3, 0.4) is 0 Å². The van der Waals surface area contributed by atoms with E-state index in [-0.39, 0.29) is 45.1 Å². The summed E-state index contributed by atoms with van der Waals surface area (Å²) in [6.07, 6.45) is -8.45. The largest absolute Gasteiger partial charge is 0.508 e. The molecule has 1 saturated heterocycles. The summed E-state index contributed by atoms with van der Waals surface area (Å²) < 4.78 is 22.3. The maximum Gasteiger partial charge on any atom is 0.338 e. The SMILES string of the molecule is COc1cc(C(=O)O[C@@H]2[C@@H](O)[C@H](O)[C@H](CO)O[C@H]2c2c(O)cc(O)c3c(=O)cc(-c4ccc(O)cc4)oc23)ccc1O. The molecule has 0 unspecified atom stereocenters. The molecule has 1 aliphatic rings. The van der Waals surface area contributed by atoms with Crippen LogP contribution >= 0.6 is 0 Å². The van der Waals surface area contributed by atoms with Gasteiger partial charge in [-0.1, -0.05) is 0 Å². The molecule has 0 radical (unpaired) electrons. The number of ether oxygens (including phenoxy) is 3. The number of methoxy groups -OCH3 is 1. The number of aliphatic hydroxyl groups excluding tert-OH is 3. The van der Waals surface area contributed by atoms with Crippen LogP contribution in [0.4, 0.5) is 0 Å². The molecule has 13 nitrogen and oxygen atoms in total. The van der Waals surface area contributed by atoms with Crippen molar-refractivity contribution in [1.29, 1.82) is 0 Å². The van der Waals surface area contributed by atoms with Crippen molar-refractivity contribution in [3.8, 4) is 40.1 Å². The first-order valence-corrected chi connectivity index (χ1v) is 12.6. The van der Waals surface area contributed by atoms with Crippen molar-refractivity contribution >= 4 is 16.9 Å². The van der Waals surface area contributed by atoms with Crippen LogP contribution in [0.5, 0.6) is 28.7 Å². The average molecular weight is 583 g/mol. The molecule has 0 spiro atoms. The molecule has 1 aromatic heterocycles. The maximum atomic E-state index is 13.1. The van der Waals surface area contributed by atoms with Gasteiger partial charge in [-0.3, -0.25) is 4.79 Å². The third kappa shape index (κ3) is 5.05. The summed E-state index contributed by atoms with van der Waals surface area (Å²) in [5.74, 6) is -2.75. The highest BCUT2D eigenvalue weighted by molar-refractivity contribution is 5.91. The van der Waals surface area contributed by atoms with Crippen LogP contribution in [0.2, 0.25) is 0 Å². The summed E-state index contributed by atoms with van der Waals surface area (Å²) in [5, 5.41) is 72.1. The quantitative estimate of drug-likeness (QED) is 0.161. The molecule has 1 aliphatic heterocycles. The molecule has 3 aromatic carbocycles. The fourth-order valence-electron chi connectivity index (χ4n) is 4.82. The van der Waals surface area contributed by atoms with Crippen molar-refractivity contribution in [2.24, 2.45) is 0 Å². The van der Waals surface area contributed by atoms with E-state index < -0.39 is 60.0 Å². The predicted octanol–water partition coefficient (Wildman–Crippen LogP) is 1.67. The minimum absolute atomic E-state index is 0.0291. The Morgan fingerprint density at radius 1 is 0.905 bits per heavy atom. The zero-order chi connectivity index (χ0) is 30.3. The Bertz CT molecular complexity index is 1700. The number of benzene rings is 3. The van der Waals surface area contributed by atoms with Crippen LogP contribution in [0, 0.1) is 0 Å². The van der Waals surface area contributed by atoms with Crippen LogP contribution in [-0.4, -0.2) is 79.8 Å². The molecule has 42 heavy (non-hydrogen) atoms. The lowest BCUT2D eigenvalue weighted by Gasteiger charge is -2.42. The number of aliphatic hydroxyl groups is 3. The van der Waals surface area contributed by atoms with Gasteiger partial charge in [-0.2, -0.15) is 0 Å². The number of fused-ring (bicyclic) bond motifs is 1. The smallest absolute Gasteiger partial charge is 0.338 e. The highest BCUT2D eigenvalue weighted by Crippen LogP contribution is 2.45. The van der Waals surface area contributed by atoms with E-state index in [0.717, 1.165) is 12.1 Å².